The van der Waals surface area contributed by atoms with Gasteiger partial charge in [-0.15, -0.1) is 11.3 Å². The Morgan fingerprint density at radius 2 is 1.88 bits per heavy atom. The molecule has 0 aliphatic heterocycles. The molecule has 0 unspecified atom stereocenters. The van der Waals surface area contributed by atoms with Crippen LogP contribution in [0.3, 0.4) is 0 Å². The van der Waals surface area contributed by atoms with E-state index >= 15 is 0 Å². The molecule has 1 heterocycles. The van der Waals surface area contributed by atoms with Gasteiger partial charge in [-0.3, -0.25) is 9.59 Å². The lowest BCUT2D eigenvalue weighted by molar-refractivity contribution is -0.0605. The fourth-order valence-electron chi connectivity index (χ4n) is 1.89. The zero-order valence-corrected chi connectivity index (χ0v) is 13.4. The van der Waals surface area contributed by atoms with Gasteiger partial charge in [0, 0.05) is 5.56 Å². The van der Waals surface area contributed by atoms with Gasteiger partial charge in [0.05, 0.1) is 11.3 Å². The van der Waals surface area contributed by atoms with E-state index in [1.165, 1.54) is 12.1 Å². The molecule has 0 aliphatic carbocycles. The largest absolute Gasteiger partial charge is 0.431 e. The number of hydrogen-bond donors (Lipinski definition) is 1. The van der Waals surface area contributed by atoms with Crippen LogP contribution in [0.25, 0.3) is 0 Å². The summed E-state index contributed by atoms with van der Waals surface area (Å²) in [5.41, 5.74) is 1.35. The number of hydrogen-bond acceptors (Lipinski definition) is 4. The summed E-state index contributed by atoms with van der Waals surface area (Å²) in [5, 5.41) is 4.73. The molecule has 0 saturated heterocycles. The highest BCUT2D eigenvalue weighted by atomic mass is 32.1. The van der Waals surface area contributed by atoms with Crippen LogP contribution in [0.4, 0.5) is 13.2 Å². The summed E-state index contributed by atoms with van der Waals surface area (Å²) >= 11 is 1.05. The fourth-order valence-corrected chi connectivity index (χ4v) is 2.55. The molecule has 0 spiro atoms. The predicted octanol–water partition coefficient (Wildman–Crippen LogP) is 3.98. The first-order valence-corrected chi connectivity index (χ1v) is 7.73. The second-order valence-electron chi connectivity index (χ2n) is 4.89. The van der Waals surface area contributed by atoms with Crippen molar-refractivity contribution < 1.29 is 22.8 Å². The molecule has 0 saturated carbocycles. The van der Waals surface area contributed by atoms with E-state index < -0.39 is 30.0 Å². The highest BCUT2D eigenvalue weighted by Gasteiger charge is 2.37. The minimum Gasteiger partial charge on any atom is -0.293 e. The van der Waals surface area contributed by atoms with Crippen molar-refractivity contribution in [3.63, 3.8) is 0 Å². The summed E-state index contributed by atoms with van der Waals surface area (Å²) in [6.45, 7) is 1.66. The zero-order chi connectivity index (χ0) is 17.7. The van der Waals surface area contributed by atoms with E-state index in [1.54, 1.807) is 36.6 Å². The van der Waals surface area contributed by atoms with Crippen molar-refractivity contribution in [1.82, 2.24) is 5.43 Å². The van der Waals surface area contributed by atoms with E-state index in [9.17, 15) is 22.8 Å². The second kappa shape index (κ2) is 7.39. The number of rotatable bonds is 5. The van der Waals surface area contributed by atoms with E-state index in [-0.39, 0.29) is 10.4 Å². The number of ketones is 1. The summed E-state index contributed by atoms with van der Waals surface area (Å²) < 4.78 is 39.1. The van der Waals surface area contributed by atoms with Crippen molar-refractivity contribution in [3.05, 3.63) is 57.8 Å². The van der Waals surface area contributed by atoms with E-state index in [0.717, 1.165) is 11.3 Å². The molecule has 126 valence electrons. The first-order valence-electron chi connectivity index (χ1n) is 6.85. The number of thiophene rings is 1. The zero-order valence-electron chi connectivity index (χ0n) is 12.6. The first kappa shape index (κ1) is 17.9. The van der Waals surface area contributed by atoms with Crippen LogP contribution in [0.2, 0.25) is 0 Å². The van der Waals surface area contributed by atoms with Crippen LogP contribution in [-0.2, 0) is 0 Å². The molecule has 0 fully saturated rings. The van der Waals surface area contributed by atoms with Crippen molar-refractivity contribution >= 4 is 28.7 Å². The summed E-state index contributed by atoms with van der Waals surface area (Å²) in [6.07, 6.45) is -5.75. The van der Waals surface area contributed by atoms with Gasteiger partial charge in [-0.05, 0) is 30.0 Å². The van der Waals surface area contributed by atoms with Crippen LogP contribution >= 0.6 is 11.3 Å². The lowest BCUT2D eigenvalue weighted by atomic mass is 10.1. The van der Waals surface area contributed by atoms with Gasteiger partial charge < -0.3 is 0 Å². The summed E-state index contributed by atoms with van der Waals surface area (Å²) in [7, 11) is 0. The Morgan fingerprint density at radius 3 is 2.46 bits per heavy atom. The van der Waals surface area contributed by atoms with Crippen molar-refractivity contribution in [2.45, 2.75) is 19.5 Å². The number of Topliss-reactive ketones (excluding diaryl/α,β-unsaturated/α-hetero) is 1. The molecule has 1 amide bonds. The molecule has 0 aliphatic rings. The van der Waals surface area contributed by atoms with Crippen LogP contribution in [0.1, 0.15) is 32.0 Å². The number of nitrogens with zero attached hydrogens (tertiary/aromatic N) is 1. The monoisotopic (exact) mass is 354 g/mol. The Bertz CT molecular complexity index is 768. The van der Waals surface area contributed by atoms with Crippen molar-refractivity contribution in [1.29, 1.82) is 0 Å². The maximum absolute atomic E-state index is 13.0. The van der Waals surface area contributed by atoms with E-state index in [2.05, 4.69) is 5.10 Å². The van der Waals surface area contributed by atoms with E-state index in [0.29, 0.717) is 5.56 Å². The quantitative estimate of drug-likeness (QED) is 0.502. The van der Waals surface area contributed by atoms with E-state index in [1.807, 2.05) is 5.43 Å². The van der Waals surface area contributed by atoms with Crippen LogP contribution in [0, 0.1) is 6.92 Å². The molecular weight excluding hydrogens is 341 g/mol. The Kier molecular flexibility index (Phi) is 5.50. The minimum absolute atomic E-state index is 0.206. The van der Waals surface area contributed by atoms with Gasteiger partial charge in [0.15, 0.2) is 5.78 Å². The molecule has 8 heteroatoms. The number of halogens is 3. The molecule has 1 N–H and O–H groups in total. The molecule has 0 atom stereocenters. The van der Waals surface area contributed by atoms with Crippen molar-refractivity contribution in [2.24, 2.45) is 5.10 Å². The fraction of sp³-hybridized carbons (Fsp3) is 0.188. The van der Waals surface area contributed by atoms with Crippen molar-refractivity contribution in [2.75, 3.05) is 0 Å². The van der Waals surface area contributed by atoms with Gasteiger partial charge in [-0.1, -0.05) is 24.3 Å². The number of aryl methyl sites for hydroxylation is 1. The Labute approximate surface area is 140 Å². The number of nitrogens with one attached hydrogen (secondary N) is 1. The van der Waals surface area contributed by atoms with Crippen LogP contribution in [0.5, 0.6) is 0 Å². The molecular formula is C16H13F3N2O2S. The minimum atomic E-state index is -4.81. The van der Waals surface area contributed by atoms with Gasteiger partial charge in [0.2, 0.25) is 0 Å². The molecule has 0 bridgehead atoms. The SMILES string of the molecule is Cc1ccccc1C(=O)N/N=C(/CC(=O)c1cccs1)C(F)(F)F. The van der Waals surface area contributed by atoms with Crippen LogP contribution in [-0.4, -0.2) is 23.6 Å². The Hall–Kier alpha value is -2.48. The molecule has 0 radical (unpaired) electrons. The third-order valence-corrected chi connectivity index (χ3v) is 4.04. The van der Waals surface area contributed by atoms with Gasteiger partial charge in [-0.25, -0.2) is 5.43 Å². The van der Waals surface area contributed by atoms with Crippen molar-refractivity contribution in [3.8, 4) is 0 Å². The Morgan fingerprint density at radius 1 is 1.17 bits per heavy atom. The van der Waals surface area contributed by atoms with Crippen LogP contribution in [0.15, 0.2) is 46.9 Å². The number of hydrazone groups is 1. The average Bonchev–Trinajstić information content (AvgIpc) is 3.04. The predicted molar refractivity (Wildman–Crippen MR) is 85.4 cm³/mol. The Balaban J connectivity index is 2.16. The summed E-state index contributed by atoms with van der Waals surface area (Å²) in [5.74, 6) is -1.47. The molecule has 4 nitrogen and oxygen atoms in total. The van der Waals surface area contributed by atoms with Gasteiger partial charge >= 0.3 is 6.18 Å². The summed E-state index contributed by atoms with van der Waals surface area (Å²) in [6, 6.07) is 9.44. The number of amides is 1. The molecule has 1 aromatic carbocycles. The van der Waals surface area contributed by atoms with Gasteiger partial charge in [-0.2, -0.15) is 18.3 Å². The molecule has 1 aromatic heterocycles. The van der Waals surface area contributed by atoms with Gasteiger partial charge in [0.25, 0.3) is 5.91 Å². The lowest BCUT2D eigenvalue weighted by Crippen LogP contribution is -2.30. The highest BCUT2D eigenvalue weighted by molar-refractivity contribution is 7.12. The number of benzene rings is 1. The average molecular weight is 354 g/mol. The molecule has 2 rings (SSSR count). The lowest BCUT2D eigenvalue weighted by Gasteiger charge is -2.10. The topological polar surface area (TPSA) is 58.5 Å². The first-order chi connectivity index (χ1) is 11.3. The smallest absolute Gasteiger partial charge is 0.293 e. The number of carbonyl (C=O) groups is 2. The summed E-state index contributed by atoms with van der Waals surface area (Å²) in [4.78, 5) is 24.0. The van der Waals surface area contributed by atoms with Gasteiger partial charge in [0.1, 0.15) is 5.71 Å². The normalized spacial score (nSPS) is 12.1. The maximum atomic E-state index is 13.0. The number of carbonyl (C=O) groups excluding carboxylic acids is 2. The standard InChI is InChI=1S/C16H13F3N2O2S/c1-10-5-2-3-6-11(10)15(23)21-20-14(16(17,18)19)9-12(22)13-7-4-8-24-13/h2-8H,9H2,1H3,(H,21,23)/b20-14-. The third-order valence-electron chi connectivity index (χ3n) is 3.13. The van der Waals surface area contributed by atoms with E-state index in [4.69, 9.17) is 0 Å². The molecule has 24 heavy (non-hydrogen) atoms. The third kappa shape index (κ3) is 4.51. The highest BCUT2D eigenvalue weighted by Crippen LogP contribution is 2.22. The van der Waals surface area contributed by atoms with Crippen LogP contribution < -0.4 is 5.43 Å². The number of alkyl halides is 3. The second-order valence-corrected chi connectivity index (χ2v) is 5.84. The molecule has 2 aromatic rings. The maximum Gasteiger partial charge on any atom is 0.431 e.